The SMILES string of the molecule is CCOc1ccc2nc(SCCCCCC3(C(=O)NCC(F)(F)F)c4ccccc4-c4ccccc43)sc2c1. The molecule has 0 saturated carbocycles. The quantitative estimate of drug-likeness (QED) is 0.147. The lowest BCUT2D eigenvalue weighted by molar-refractivity contribution is -0.141. The van der Waals surface area contributed by atoms with E-state index in [1.165, 1.54) is 0 Å². The van der Waals surface area contributed by atoms with Crippen LogP contribution in [0.1, 0.15) is 43.7 Å². The molecular formula is C30H29F3N2O2S2. The fourth-order valence-electron chi connectivity index (χ4n) is 5.31. The van der Waals surface area contributed by atoms with E-state index in [4.69, 9.17) is 9.72 Å². The van der Waals surface area contributed by atoms with E-state index in [1.54, 1.807) is 23.1 Å². The van der Waals surface area contributed by atoms with E-state index in [1.807, 2.05) is 73.7 Å². The number of unbranched alkanes of at least 4 members (excludes halogenated alkanes) is 2. The molecule has 0 saturated heterocycles. The largest absolute Gasteiger partial charge is 0.494 e. The maximum absolute atomic E-state index is 13.6. The third-order valence-corrected chi connectivity index (χ3v) is 9.22. The van der Waals surface area contributed by atoms with Gasteiger partial charge in [0.25, 0.3) is 0 Å². The molecule has 5 rings (SSSR count). The number of halogens is 3. The molecule has 3 aromatic carbocycles. The summed E-state index contributed by atoms with van der Waals surface area (Å²) in [7, 11) is 0. The van der Waals surface area contributed by atoms with Crippen molar-refractivity contribution in [3.63, 3.8) is 0 Å². The maximum atomic E-state index is 13.6. The Hall–Kier alpha value is -3.04. The molecule has 1 heterocycles. The maximum Gasteiger partial charge on any atom is 0.405 e. The highest BCUT2D eigenvalue weighted by atomic mass is 32.2. The highest BCUT2D eigenvalue weighted by Gasteiger charge is 2.49. The summed E-state index contributed by atoms with van der Waals surface area (Å²) in [6.07, 6.45) is -1.56. The van der Waals surface area contributed by atoms with E-state index >= 15 is 0 Å². The van der Waals surface area contributed by atoms with Crippen molar-refractivity contribution in [3.05, 3.63) is 77.9 Å². The van der Waals surface area contributed by atoms with E-state index in [9.17, 15) is 18.0 Å². The number of ether oxygens (including phenoxy) is 1. The van der Waals surface area contributed by atoms with Crippen LogP contribution in [0.15, 0.2) is 71.1 Å². The van der Waals surface area contributed by atoms with Crippen LogP contribution in [0.2, 0.25) is 0 Å². The number of carbonyl (C=O) groups excluding carboxylic acids is 1. The minimum absolute atomic E-state index is 0.441. The van der Waals surface area contributed by atoms with Gasteiger partial charge in [-0.3, -0.25) is 4.79 Å². The van der Waals surface area contributed by atoms with Crippen LogP contribution in [-0.2, 0) is 10.2 Å². The summed E-state index contributed by atoms with van der Waals surface area (Å²) in [6.45, 7) is 1.23. The zero-order valence-electron chi connectivity index (χ0n) is 21.5. The smallest absolute Gasteiger partial charge is 0.405 e. The molecule has 0 spiro atoms. The van der Waals surface area contributed by atoms with Crippen molar-refractivity contribution in [2.75, 3.05) is 18.9 Å². The molecule has 0 unspecified atom stereocenters. The summed E-state index contributed by atoms with van der Waals surface area (Å²) in [5.41, 5.74) is 3.19. The highest BCUT2D eigenvalue weighted by Crippen LogP contribution is 2.51. The molecule has 0 fully saturated rings. The number of hydrogen-bond donors (Lipinski definition) is 1. The van der Waals surface area contributed by atoms with Crippen molar-refractivity contribution < 1.29 is 22.7 Å². The molecule has 1 aliphatic carbocycles. The number of aromatic nitrogens is 1. The van der Waals surface area contributed by atoms with Gasteiger partial charge in [-0.05, 0) is 60.2 Å². The van der Waals surface area contributed by atoms with Crippen LogP contribution in [0, 0.1) is 0 Å². The number of hydrogen-bond acceptors (Lipinski definition) is 5. The number of thioether (sulfide) groups is 1. The molecule has 1 aromatic heterocycles. The van der Waals surface area contributed by atoms with Crippen LogP contribution in [0.3, 0.4) is 0 Å². The molecule has 9 heteroatoms. The van der Waals surface area contributed by atoms with Crippen LogP contribution < -0.4 is 10.1 Å². The number of nitrogens with zero attached hydrogens (tertiary/aromatic N) is 1. The molecule has 39 heavy (non-hydrogen) atoms. The molecule has 0 radical (unpaired) electrons. The number of nitrogens with one attached hydrogen (secondary N) is 1. The second-order valence-electron chi connectivity index (χ2n) is 9.50. The molecule has 1 N–H and O–H groups in total. The van der Waals surface area contributed by atoms with Crippen LogP contribution in [0.25, 0.3) is 21.3 Å². The summed E-state index contributed by atoms with van der Waals surface area (Å²) >= 11 is 3.35. The number of carbonyl (C=O) groups is 1. The van der Waals surface area contributed by atoms with Crippen molar-refractivity contribution in [2.45, 2.75) is 48.5 Å². The molecular weight excluding hydrogens is 541 g/mol. The lowest BCUT2D eigenvalue weighted by Crippen LogP contribution is -2.47. The normalized spacial score (nSPS) is 13.7. The molecule has 4 aromatic rings. The fourth-order valence-corrected chi connectivity index (χ4v) is 7.48. The van der Waals surface area contributed by atoms with Gasteiger partial charge in [0.05, 0.1) is 16.8 Å². The van der Waals surface area contributed by atoms with Gasteiger partial charge < -0.3 is 10.1 Å². The van der Waals surface area contributed by atoms with E-state index in [-0.39, 0.29) is 0 Å². The first-order valence-electron chi connectivity index (χ1n) is 13.0. The predicted molar refractivity (Wildman–Crippen MR) is 152 cm³/mol. The van der Waals surface area contributed by atoms with Gasteiger partial charge in [0.1, 0.15) is 17.7 Å². The highest BCUT2D eigenvalue weighted by molar-refractivity contribution is 8.01. The zero-order chi connectivity index (χ0) is 27.5. The fraction of sp³-hybridized carbons (Fsp3) is 0.333. The molecule has 1 amide bonds. The Labute approximate surface area is 234 Å². The Kier molecular flexibility index (Phi) is 8.19. The Bertz CT molecular complexity index is 1420. The average Bonchev–Trinajstić information content (AvgIpc) is 3.46. The van der Waals surface area contributed by atoms with Crippen LogP contribution in [-0.4, -0.2) is 36.0 Å². The van der Waals surface area contributed by atoms with Gasteiger partial charge in [-0.25, -0.2) is 4.98 Å². The van der Waals surface area contributed by atoms with E-state index in [0.717, 1.165) is 61.2 Å². The lowest BCUT2D eigenvalue weighted by atomic mass is 9.73. The number of amides is 1. The van der Waals surface area contributed by atoms with Crippen molar-refractivity contribution in [2.24, 2.45) is 0 Å². The zero-order valence-corrected chi connectivity index (χ0v) is 23.1. The summed E-state index contributed by atoms with van der Waals surface area (Å²) < 4.78 is 46.8. The molecule has 1 aliphatic rings. The minimum atomic E-state index is -4.48. The molecule has 204 valence electrons. The van der Waals surface area contributed by atoms with Gasteiger partial charge in [0.2, 0.25) is 5.91 Å². The average molecular weight is 571 g/mol. The van der Waals surface area contributed by atoms with Crippen molar-refractivity contribution in [1.82, 2.24) is 10.3 Å². The standard InChI is InChI=1S/C30H29F3N2O2S2/c1-2-37-20-14-15-25-26(18-20)39-28(35-25)38-17-9-3-8-16-29(27(36)34-19-30(31,32)33)23-12-6-4-10-21(23)22-11-5-7-13-24(22)29/h4-7,10-15,18H,2-3,8-9,16-17,19H2,1H3,(H,34,36). The monoisotopic (exact) mass is 570 g/mol. The van der Waals surface area contributed by atoms with Gasteiger partial charge in [-0.15, -0.1) is 11.3 Å². The number of thiazole rings is 1. The summed E-state index contributed by atoms with van der Waals surface area (Å²) in [5.74, 6) is 1.12. The first kappa shape index (κ1) is 27.5. The van der Waals surface area contributed by atoms with Crippen LogP contribution >= 0.6 is 23.1 Å². The molecule has 4 nitrogen and oxygen atoms in total. The van der Waals surface area contributed by atoms with Crippen molar-refractivity contribution in [3.8, 4) is 16.9 Å². The van der Waals surface area contributed by atoms with Crippen molar-refractivity contribution in [1.29, 1.82) is 0 Å². The number of benzene rings is 3. The van der Waals surface area contributed by atoms with Gasteiger partial charge in [-0.1, -0.05) is 73.1 Å². The van der Waals surface area contributed by atoms with Gasteiger partial charge in [0, 0.05) is 5.75 Å². The Balaban J connectivity index is 1.26. The van der Waals surface area contributed by atoms with Crippen LogP contribution in [0.4, 0.5) is 13.2 Å². The Morgan fingerprint density at radius 2 is 1.69 bits per heavy atom. The topological polar surface area (TPSA) is 51.2 Å². The predicted octanol–water partition coefficient (Wildman–Crippen LogP) is 7.99. The molecule has 0 aliphatic heterocycles. The third kappa shape index (κ3) is 5.79. The van der Waals surface area contributed by atoms with Gasteiger partial charge in [-0.2, -0.15) is 13.2 Å². The van der Waals surface area contributed by atoms with Crippen LogP contribution in [0.5, 0.6) is 5.75 Å². The van der Waals surface area contributed by atoms with E-state index in [0.29, 0.717) is 19.4 Å². The third-order valence-electron chi connectivity index (χ3n) is 6.97. The van der Waals surface area contributed by atoms with Crippen molar-refractivity contribution >= 4 is 39.2 Å². The first-order chi connectivity index (χ1) is 18.8. The molecule has 0 bridgehead atoms. The second-order valence-corrected chi connectivity index (χ2v) is 11.9. The Morgan fingerprint density at radius 1 is 1.00 bits per heavy atom. The Morgan fingerprint density at radius 3 is 2.36 bits per heavy atom. The number of fused-ring (bicyclic) bond motifs is 4. The van der Waals surface area contributed by atoms with E-state index in [2.05, 4.69) is 5.32 Å². The van der Waals surface area contributed by atoms with Gasteiger partial charge >= 0.3 is 6.18 Å². The second kappa shape index (κ2) is 11.6. The van der Waals surface area contributed by atoms with Gasteiger partial charge in [0.15, 0.2) is 4.34 Å². The number of rotatable bonds is 11. The van der Waals surface area contributed by atoms with E-state index < -0.39 is 24.0 Å². The summed E-state index contributed by atoms with van der Waals surface area (Å²) in [5, 5.41) is 2.20. The number of alkyl halides is 3. The minimum Gasteiger partial charge on any atom is -0.494 e. The molecule has 0 atom stereocenters. The summed E-state index contributed by atoms with van der Waals surface area (Å²) in [6, 6.07) is 21.1. The lowest BCUT2D eigenvalue weighted by Gasteiger charge is -2.31. The first-order valence-corrected chi connectivity index (χ1v) is 14.8. The summed E-state index contributed by atoms with van der Waals surface area (Å²) in [4.78, 5) is 18.3.